The van der Waals surface area contributed by atoms with Crippen LogP contribution in [0, 0.1) is 12.7 Å². The van der Waals surface area contributed by atoms with Crippen molar-refractivity contribution in [3.05, 3.63) is 71.4 Å². The predicted octanol–water partition coefficient (Wildman–Crippen LogP) is 4.16. The van der Waals surface area contributed by atoms with Crippen LogP contribution in [0.5, 0.6) is 0 Å². The summed E-state index contributed by atoms with van der Waals surface area (Å²) >= 11 is 0. The Balaban J connectivity index is 1.58. The summed E-state index contributed by atoms with van der Waals surface area (Å²) in [6, 6.07) is 13.2. The molecule has 0 radical (unpaired) electrons. The fourth-order valence-corrected chi connectivity index (χ4v) is 3.22. The third kappa shape index (κ3) is 3.10. The SMILES string of the molecule is Cc1ccc(C(=O)N2CCC[C@H]2c2nc(-c3ccc(F)cc3)no2)cc1. The van der Waals surface area contributed by atoms with Gasteiger partial charge < -0.3 is 9.42 Å². The zero-order chi connectivity index (χ0) is 18.1. The van der Waals surface area contributed by atoms with Crippen molar-refractivity contribution in [3.8, 4) is 11.4 Å². The second-order valence-electron chi connectivity index (χ2n) is 6.49. The van der Waals surface area contributed by atoms with Gasteiger partial charge in [0.05, 0.1) is 0 Å². The van der Waals surface area contributed by atoms with Crippen LogP contribution in [-0.2, 0) is 0 Å². The largest absolute Gasteiger partial charge is 0.337 e. The average molecular weight is 351 g/mol. The van der Waals surface area contributed by atoms with Gasteiger partial charge in [-0.2, -0.15) is 4.98 Å². The lowest BCUT2D eigenvalue weighted by Gasteiger charge is -2.22. The molecule has 0 saturated carbocycles. The quantitative estimate of drug-likeness (QED) is 0.711. The second-order valence-corrected chi connectivity index (χ2v) is 6.49. The molecule has 0 bridgehead atoms. The third-order valence-electron chi connectivity index (χ3n) is 4.64. The van der Waals surface area contributed by atoms with Crippen LogP contribution in [0.2, 0.25) is 0 Å². The van der Waals surface area contributed by atoms with Crippen molar-refractivity contribution in [2.45, 2.75) is 25.8 Å². The van der Waals surface area contributed by atoms with E-state index in [4.69, 9.17) is 4.52 Å². The van der Waals surface area contributed by atoms with Crippen LogP contribution in [0.3, 0.4) is 0 Å². The summed E-state index contributed by atoms with van der Waals surface area (Å²) in [7, 11) is 0. The van der Waals surface area contributed by atoms with E-state index in [9.17, 15) is 9.18 Å². The highest BCUT2D eigenvalue weighted by Crippen LogP contribution is 2.33. The van der Waals surface area contributed by atoms with E-state index in [1.807, 2.05) is 31.2 Å². The molecule has 0 unspecified atom stereocenters. The minimum atomic E-state index is -0.317. The number of aromatic nitrogens is 2. The fraction of sp³-hybridized carbons (Fsp3) is 0.250. The lowest BCUT2D eigenvalue weighted by atomic mass is 10.1. The van der Waals surface area contributed by atoms with Gasteiger partial charge in [-0.25, -0.2) is 4.39 Å². The van der Waals surface area contributed by atoms with Gasteiger partial charge in [0.1, 0.15) is 11.9 Å². The number of benzene rings is 2. The minimum Gasteiger partial charge on any atom is -0.337 e. The highest BCUT2D eigenvalue weighted by Gasteiger charge is 2.34. The van der Waals surface area contributed by atoms with E-state index in [0.717, 1.165) is 18.4 Å². The van der Waals surface area contributed by atoms with Crippen LogP contribution in [-0.4, -0.2) is 27.5 Å². The van der Waals surface area contributed by atoms with E-state index in [1.165, 1.54) is 12.1 Å². The lowest BCUT2D eigenvalue weighted by Crippen LogP contribution is -2.30. The minimum absolute atomic E-state index is 0.0333. The first-order valence-electron chi connectivity index (χ1n) is 8.59. The Labute approximate surface area is 150 Å². The van der Waals surface area contributed by atoms with Crippen LogP contribution in [0.25, 0.3) is 11.4 Å². The van der Waals surface area contributed by atoms with Gasteiger partial charge in [0.25, 0.3) is 5.91 Å². The molecule has 132 valence electrons. The van der Waals surface area contributed by atoms with Gasteiger partial charge in [0, 0.05) is 17.7 Å². The Hall–Kier alpha value is -3.02. The van der Waals surface area contributed by atoms with Crippen molar-refractivity contribution in [2.24, 2.45) is 0 Å². The maximum Gasteiger partial charge on any atom is 0.254 e. The number of hydrogen-bond acceptors (Lipinski definition) is 4. The monoisotopic (exact) mass is 351 g/mol. The van der Waals surface area contributed by atoms with E-state index >= 15 is 0 Å². The molecule has 0 aliphatic carbocycles. The number of nitrogens with zero attached hydrogens (tertiary/aromatic N) is 3. The number of hydrogen-bond donors (Lipinski definition) is 0. The van der Waals surface area contributed by atoms with Gasteiger partial charge in [-0.05, 0) is 56.2 Å². The fourth-order valence-electron chi connectivity index (χ4n) is 3.22. The first-order valence-corrected chi connectivity index (χ1v) is 8.59. The summed E-state index contributed by atoms with van der Waals surface area (Å²) in [5.74, 6) is 0.467. The number of halogens is 1. The number of rotatable bonds is 3. The highest BCUT2D eigenvalue weighted by atomic mass is 19.1. The molecular formula is C20H18FN3O2. The molecule has 2 aromatic carbocycles. The number of aryl methyl sites for hydroxylation is 1. The van der Waals surface area contributed by atoms with Crippen molar-refractivity contribution >= 4 is 5.91 Å². The molecule has 1 amide bonds. The van der Waals surface area contributed by atoms with Crippen molar-refractivity contribution in [1.82, 2.24) is 15.0 Å². The van der Waals surface area contributed by atoms with Crippen LogP contribution in [0.4, 0.5) is 4.39 Å². The Morgan fingerprint density at radius 2 is 1.88 bits per heavy atom. The lowest BCUT2D eigenvalue weighted by molar-refractivity contribution is 0.0710. The molecule has 2 heterocycles. The van der Waals surface area contributed by atoms with Gasteiger partial charge in [-0.3, -0.25) is 4.79 Å². The van der Waals surface area contributed by atoms with E-state index in [0.29, 0.717) is 29.4 Å². The first-order chi connectivity index (χ1) is 12.6. The second kappa shape index (κ2) is 6.71. The van der Waals surface area contributed by atoms with Gasteiger partial charge in [-0.15, -0.1) is 0 Å². The van der Waals surface area contributed by atoms with E-state index < -0.39 is 0 Å². The molecule has 6 heteroatoms. The molecule has 0 spiro atoms. The summed E-state index contributed by atoms with van der Waals surface area (Å²) in [6.45, 7) is 2.65. The van der Waals surface area contributed by atoms with Crippen molar-refractivity contribution in [2.75, 3.05) is 6.54 Å². The van der Waals surface area contributed by atoms with Crippen LogP contribution < -0.4 is 0 Å². The maximum absolute atomic E-state index is 13.1. The maximum atomic E-state index is 13.1. The molecule has 3 aromatic rings. The molecule has 1 aliphatic heterocycles. The Morgan fingerprint density at radius 1 is 1.15 bits per heavy atom. The molecule has 1 saturated heterocycles. The molecule has 1 fully saturated rings. The van der Waals surface area contributed by atoms with E-state index in [-0.39, 0.29) is 17.8 Å². The summed E-state index contributed by atoms with van der Waals surface area (Å²) in [4.78, 5) is 19.1. The van der Waals surface area contributed by atoms with Crippen molar-refractivity contribution < 1.29 is 13.7 Å². The van der Waals surface area contributed by atoms with Crippen molar-refractivity contribution in [3.63, 3.8) is 0 Å². The molecule has 4 rings (SSSR count). The average Bonchev–Trinajstić information content (AvgIpc) is 3.31. The van der Waals surface area contributed by atoms with Gasteiger partial charge in [-0.1, -0.05) is 22.9 Å². The topological polar surface area (TPSA) is 59.2 Å². The first kappa shape index (κ1) is 16.4. The Morgan fingerprint density at radius 3 is 2.62 bits per heavy atom. The normalized spacial score (nSPS) is 16.8. The smallest absolute Gasteiger partial charge is 0.254 e. The number of likely N-dealkylation sites (tertiary alicyclic amines) is 1. The van der Waals surface area contributed by atoms with Crippen LogP contribution in [0.1, 0.15) is 40.7 Å². The molecule has 5 nitrogen and oxygen atoms in total. The van der Waals surface area contributed by atoms with E-state index in [2.05, 4.69) is 10.1 Å². The Bertz CT molecular complexity index is 919. The zero-order valence-corrected chi connectivity index (χ0v) is 14.4. The van der Waals surface area contributed by atoms with Crippen LogP contribution in [0.15, 0.2) is 53.1 Å². The summed E-state index contributed by atoms with van der Waals surface area (Å²) in [5, 5.41) is 3.99. The Kier molecular flexibility index (Phi) is 4.24. The van der Waals surface area contributed by atoms with Crippen molar-refractivity contribution in [1.29, 1.82) is 0 Å². The van der Waals surface area contributed by atoms with Gasteiger partial charge in [0.2, 0.25) is 11.7 Å². The summed E-state index contributed by atoms with van der Waals surface area (Å²) in [5.41, 5.74) is 2.44. The number of carbonyl (C=O) groups excluding carboxylic acids is 1. The van der Waals surface area contributed by atoms with Crippen LogP contribution >= 0.6 is 0 Å². The standard InChI is InChI=1S/C20H18FN3O2/c1-13-4-6-15(7-5-13)20(25)24-12-2-3-17(24)19-22-18(23-26-19)14-8-10-16(21)11-9-14/h4-11,17H,2-3,12H2,1H3/t17-/m0/s1. The molecule has 26 heavy (non-hydrogen) atoms. The third-order valence-corrected chi connectivity index (χ3v) is 4.64. The summed E-state index contributed by atoms with van der Waals surface area (Å²) < 4.78 is 18.5. The molecule has 1 atom stereocenters. The zero-order valence-electron chi connectivity index (χ0n) is 14.4. The highest BCUT2D eigenvalue weighted by molar-refractivity contribution is 5.94. The predicted molar refractivity (Wildman–Crippen MR) is 93.9 cm³/mol. The molecular weight excluding hydrogens is 333 g/mol. The van der Waals surface area contributed by atoms with Gasteiger partial charge in [0.15, 0.2) is 0 Å². The number of amides is 1. The van der Waals surface area contributed by atoms with Gasteiger partial charge >= 0.3 is 0 Å². The molecule has 1 aliphatic rings. The summed E-state index contributed by atoms with van der Waals surface area (Å²) in [6.07, 6.45) is 1.67. The number of carbonyl (C=O) groups is 1. The molecule has 0 N–H and O–H groups in total. The molecule has 1 aromatic heterocycles. The van der Waals surface area contributed by atoms with E-state index in [1.54, 1.807) is 17.0 Å².